The molecule has 1 N–H and O–H groups in total. The molecule has 0 amide bonds. The summed E-state index contributed by atoms with van der Waals surface area (Å²) >= 11 is 0. The van der Waals surface area contributed by atoms with Crippen LogP contribution in [0.25, 0.3) is 10.9 Å². The molecule has 1 nitrogen and oxygen atoms in total. The first-order valence-corrected chi connectivity index (χ1v) is 6.01. The monoisotopic (exact) mass is 215 g/mol. The lowest BCUT2D eigenvalue weighted by atomic mass is 9.92. The molecule has 1 aromatic carbocycles. The van der Waals surface area contributed by atoms with Crippen LogP contribution in [0.1, 0.15) is 51.8 Å². The summed E-state index contributed by atoms with van der Waals surface area (Å²) in [5, 5.41) is 1.33. The van der Waals surface area contributed by atoms with Crippen LogP contribution in [0, 0.1) is 0 Å². The first-order chi connectivity index (χ1) is 7.39. The van der Waals surface area contributed by atoms with E-state index in [0.717, 1.165) is 0 Å². The van der Waals surface area contributed by atoms with Crippen LogP contribution in [0.4, 0.5) is 0 Å². The van der Waals surface area contributed by atoms with Gasteiger partial charge in [-0.2, -0.15) is 0 Å². The van der Waals surface area contributed by atoms with Crippen LogP contribution in [0.15, 0.2) is 24.3 Å². The Balaban J connectivity index is 2.66. The van der Waals surface area contributed by atoms with Crippen LogP contribution in [0.2, 0.25) is 0 Å². The van der Waals surface area contributed by atoms with E-state index in [1.54, 1.807) is 0 Å². The second-order valence-electron chi connectivity index (χ2n) is 5.90. The van der Waals surface area contributed by atoms with Gasteiger partial charge >= 0.3 is 0 Å². The maximum atomic E-state index is 3.59. The molecule has 0 bridgehead atoms. The molecule has 0 atom stereocenters. The molecule has 0 aliphatic carbocycles. The van der Waals surface area contributed by atoms with E-state index in [1.807, 2.05) is 0 Å². The van der Waals surface area contributed by atoms with E-state index in [0.29, 0.717) is 5.92 Å². The highest BCUT2D eigenvalue weighted by Crippen LogP contribution is 2.30. The van der Waals surface area contributed by atoms with E-state index in [-0.39, 0.29) is 5.41 Å². The molecule has 0 aliphatic heterocycles. The molecule has 0 aliphatic rings. The van der Waals surface area contributed by atoms with Gasteiger partial charge in [0.25, 0.3) is 0 Å². The second kappa shape index (κ2) is 3.65. The fraction of sp³-hybridized carbons (Fsp3) is 0.467. The quantitative estimate of drug-likeness (QED) is 0.716. The Kier molecular flexibility index (Phi) is 2.57. The van der Waals surface area contributed by atoms with Gasteiger partial charge in [-0.25, -0.2) is 0 Å². The Hall–Kier alpha value is -1.24. The van der Waals surface area contributed by atoms with Crippen molar-refractivity contribution in [3.05, 3.63) is 35.5 Å². The topological polar surface area (TPSA) is 15.8 Å². The number of rotatable bonds is 1. The molecule has 0 unspecified atom stereocenters. The molecule has 16 heavy (non-hydrogen) atoms. The Labute approximate surface area is 97.9 Å². The summed E-state index contributed by atoms with van der Waals surface area (Å²) in [5.41, 5.74) is 4.22. The summed E-state index contributed by atoms with van der Waals surface area (Å²) in [7, 11) is 0. The number of aromatic nitrogens is 1. The molecule has 2 aromatic rings. The van der Waals surface area contributed by atoms with E-state index in [2.05, 4.69) is 63.9 Å². The van der Waals surface area contributed by atoms with Crippen molar-refractivity contribution in [2.75, 3.05) is 0 Å². The number of hydrogen-bond donors (Lipinski definition) is 1. The largest absolute Gasteiger partial charge is 0.358 e. The lowest BCUT2D eigenvalue weighted by Gasteiger charge is -2.16. The lowest BCUT2D eigenvalue weighted by Crippen LogP contribution is -2.11. The van der Waals surface area contributed by atoms with Crippen molar-refractivity contribution in [1.29, 1.82) is 0 Å². The van der Waals surface area contributed by atoms with Gasteiger partial charge in [0.1, 0.15) is 0 Å². The van der Waals surface area contributed by atoms with Gasteiger partial charge in [-0.1, -0.05) is 52.8 Å². The fourth-order valence-electron chi connectivity index (χ4n) is 2.06. The van der Waals surface area contributed by atoms with E-state index in [4.69, 9.17) is 0 Å². The molecule has 2 rings (SSSR count). The average Bonchev–Trinajstić information content (AvgIpc) is 2.59. The molecular formula is C15H21N. The zero-order chi connectivity index (χ0) is 11.9. The number of nitrogens with one attached hydrogen (secondary N) is 1. The van der Waals surface area contributed by atoms with Crippen LogP contribution in [0.5, 0.6) is 0 Å². The fourth-order valence-corrected chi connectivity index (χ4v) is 2.06. The van der Waals surface area contributed by atoms with Gasteiger partial charge in [-0.05, 0) is 22.9 Å². The summed E-state index contributed by atoms with van der Waals surface area (Å²) in [6, 6.07) is 8.84. The minimum atomic E-state index is 0.188. The van der Waals surface area contributed by atoms with Crippen molar-refractivity contribution in [2.45, 2.75) is 46.0 Å². The first-order valence-electron chi connectivity index (χ1n) is 6.01. The van der Waals surface area contributed by atoms with Crippen molar-refractivity contribution in [3.63, 3.8) is 0 Å². The maximum absolute atomic E-state index is 3.59. The van der Waals surface area contributed by atoms with Crippen LogP contribution in [0.3, 0.4) is 0 Å². The van der Waals surface area contributed by atoms with Crippen LogP contribution in [-0.2, 0) is 5.41 Å². The van der Waals surface area contributed by atoms with Crippen molar-refractivity contribution in [1.82, 2.24) is 4.98 Å². The van der Waals surface area contributed by atoms with Crippen LogP contribution < -0.4 is 0 Å². The van der Waals surface area contributed by atoms with Crippen LogP contribution in [-0.4, -0.2) is 4.98 Å². The molecule has 1 heterocycles. The zero-order valence-corrected chi connectivity index (χ0v) is 10.9. The van der Waals surface area contributed by atoms with Gasteiger partial charge in [-0.15, -0.1) is 0 Å². The lowest BCUT2D eigenvalue weighted by molar-refractivity contribution is 0.574. The highest BCUT2D eigenvalue weighted by atomic mass is 14.7. The van der Waals surface area contributed by atoms with E-state index in [9.17, 15) is 0 Å². The third-order valence-corrected chi connectivity index (χ3v) is 3.12. The molecular weight excluding hydrogens is 194 g/mol. The van der Waals surface area contributed by atoms with Crippen molar-refractivity contribution < 1.29 is 0 Å². The van der Waals surface area contributed by atoms with E-state index >= 15 is 0 Å². The Bertz CT molecular complexity index is 498. The van der Waals surface area contributed by atoms with Gasteiger partial charge < -0.3 is 4.98 Å². The summed E-state index contributed by atoms with van der Waals surface area (Å²) < 4.78 is 0. The Morgan fingerprint density at radius 1 is 1.12 bits per heavy atom. The molecule has 0 spiro atoms. The zero-order valence-electron chi connectivity index (χ0n) is 10.9. The number of para-hydroxylation sites is 1. The van der Waals surface area contributed by atoms with Gasteiger partial charge in [0.05, 0.1) is 0 Å². The maximum Gasteiger partial charge on any atom is 0.0491 e. The van der Waals surface area contributed by atoms with Gasteiger partial charge in [0, 0.05) is 16.6 Å². The molecule has 1 heteroatoms. The van der Waals surface area contributed by atoms with E-state index < -0.39 is 0 Å². The number of H-pyrrole nitrogens is 1. The van der Waals surface area contributed by atoms with E-state index in [1.165, 1.54) is 22.2 Å². The summed E-state index contributed by atoms with van der Waals surface area (Å²) in [5.74, 6) is 0.565. The predicted molar refractivity (Wildman–Crippen MR) is 71.1 cm³/mol. The standard InChI is InChI=1S/C15H21N/c1-10(2)12-8-6-7-11-9-13(15(3,4)5)16-14(11)12/h6-10,16H,1-5H3. The highest BCUT2D eigenvalue weighted by molar-refractivity contribution is 5.84. The Morgan fingerprint density at radius 3 is 2.38 bits per heavy atom. The first kappa shape index (κ1) is 11.3. The third-order valence-electron chi connectivity index (χ3n) is 3.12. The average molecular weight is 215 g/mol. The molecule has 1 aromatic heterocycles. The number of hydrogen-bond acceptors (Lipinski definition) is 0. The number of aromatic amines is 1. The van der Waals surface area contributed by atoms with Crippen molar-refractivity contribution in [2.24, 2.45) is 0 Å². The minimum absolute atomic E-state index is 0.188. The smallest absolute Gasteiger partial charge is 0.0491 e. The minimum Gasteiger partial charge on any atom is -0.358 e. The predicted octanol–water partition coefficient (Wildman–Crippen LogP) is 4.59. The summed E-state index contributed by atoms with van der Waals surface area (Å²) in [4.78, 5) is 3.59. The molecule has 0 radical (unpaired) electrons. The number of fused-ring (bicyclic) bond motifs is 1. The second-order valence-corrected chi connectivity index (χ2v) is 5.90. The van der Waals surface area contributed by atoms with Gasteiger partial charge in [-0.3, -0.25) is 0 Å². The summed E-state index contributed by atoms with van der Waals surface area (Å²) in [6.07, 6.45) is 0. The SMILES string of the molecule is CC(C)c1cccc2cc(C(C)(C)C)[nH]c12. The molecule has 0 saturated carbocycles. The highest BCUT2D eigenvalue weighted by Gasteiger charge is 2.17. The normalized spacial score (nSPS) is 12.6. The summed E-state index contributed by atoms with van der Waals surface area (Å²) in [6.45, 7) is 11.2. The number of benzene rings is 1. The van der Waals surface area contributed by atoms with Gasteiger partial charge in [0.2, 0.25) is 0 Å². The molecule has 0 fully saturated rings. The van der Waals surface area contributed by atoms with Crippen molar-refractivity contribution >= 4 is 10.9 Å². The molecule has 86 valence electrons. The van der Waals surface area contributed by atoms with Crippen LogP contribution >= 0.6 is 0 Å². The molecule has 0 saturated heterocycles. The van der Waals surface area contributed by atoms with Crippen molar-refractivity contribution in [3.8, 4) is 0 Å². The van der Waals surface area contributed by atoms with Gasteiger partial charge in [0.15, 0.2) is 0 Å². The third kappa shape index (κ3) is 1.87. The Morgan fingerprint density at radius 2 is 1.81 bits per heavy atom.